The standard InChI is InChI=1S/C20H21ClN4OS/c1-3-17(19(26)22-13-14-7-5-4-6-8-14)27-20-24-23-18(25(20)2)15-9-11-16(21)12-10-15/h4-12,17H,3,13H2,1-2H3,(H,22,26). The third-order valence-corrected chi connectivity index (χ3v) is 5.81. The summed E-state index contributed by atoms with van der Waals surface area (Å²) in [6, 6.07) is 17.3. The van der Waals surface area contributed by atoms with E-state index in [2.05, 4.69) is 15.5 Å². The van der Waals surface area contributed by atoms with E-state index in [0.29, 0.717) is 23.1 Å². The van der Waals surface area contributed by atoms with Gasteiger partial charge in [0.25, 0.3) is 0 Å². The van der Waals surface area contributed by atoms with Crippen molar-refractivity contribution >= 4 is 29.3 Å². The van der Waals surface area contributed by atoms with Gasteiger partial charge in [0, 0.05) is 24.2 Å². The Hall–Kier alpha value is -2.31. The Balaban J connectivity index is 1.67. The third-order valence-electron chi connectivity index (χ3n) is 4.16. The Bertz CT molecular complexity index is 896. The summed E-state index contributed by atoms with van der Waals surface area (Å²) in [4.78, 5) is 12.6. The highest BCUT2D eigenvalue weighted by Gasteiger charge is 2.21. The van der Waals surface area contributed by atoms with Crippen molar-refractivity contribution in [3.8, 4) is 11.4 Å². The van der Waals surface area contributed by atoms with Crippen LogP contribution in [0, 0.1) is 0 Å². The maximum Gasteiger partial charge on any atom is 0.233 e. The normalized spacial score (nSPS) is 12.0. The lowest BCUT2D eigenvalue weighted by Gasteiger charge is -2.14. The highest BCUT2D eigenvalue weighted by Crippen LogP contribution is 2.27. The molecule has 3 rings (SSSR count). The molecule has 140 valence electrons. The molecule has 0 saturated carbocycles. The minimum atomic E-state index is -0.227. The fourth-order valence-electron chi connectivity index (χ4n) is 2.62. The van der Waals surface area contributed by atoms with Gasteiger partial charge in [-0.05, 0) is 36.2 Å². The monoisotopic (exact) mass is 400 g/mol. The van der Waals surface area contributed by atoms with Crippen molar-refractivity contribution < 1.29 is 4.79 Å². The van der Waals surface area contributed by atoms with Crippen LogP contribution in [0.15, 0.2) is 59.8 Å². The molecule has 3 aromatic rings. The summed E-state index contributed by atoms with van der Waals surface area (Å²) in [5.41, 5.74) is 2.01. The van der Waals surface area contributed by atoms with Crippen LogP contribution < -0.4 is 5.32 Å². The Morgan fingerprint density at radius 3 is 2.52 bits per heavy atom. The van der Waals surface area contributed by atoms with Crippen molar-refractivity contribution in [2.45, 2.75) is 30.3 Å². The average molecular weight is 401 g/mol. The first-order chi connectivity index (χ1) is 13.1. The van der Waals surface area contributed by atoms with E-state index in [9.17, 15) is 4.79 Å². The Labute approximate surface area is 168 Å². The summed E-state index contributed by atoms with van der Waals surface area (Å²) in [6.07, 6.45) is 0.703. The lowest BCUT2D eigenvalue weighted by molar-refractivity contribution is -0.120. The number of carbonyl (C=O) groups excluding carboxylic acids is 1. The molecule has 27 heavy (non-hydrogen) atoms. The number of hydrogen-bond donors (Lipinski definition) is 1. The van der Waals surface area contributed by atoms with Crippen LogP contribution in [-0.2, 0) is 18.4 Å². The van der Waals surface area contributed by atoms with E-state index < -0.39 is 0 Å². The molecule has 0 aliphatic carbocycles. The summed E-state index contributed by atoms with van der Waals surface area (Å²) in [5, 5.41) is 12.7. The molecule has 1 aromatic heterocycles. The first-order valence-corrected chi connectivity index (χ1v) is 9.98. The largest absolute Gasteiger partial charge is 0.351 e. The summed E-state index contributed by atoms with van der Waals surface area (Å²) in [7, 11) is 1.90. The van der Waals surface area contributed by atoms with E-state index in [1.54, 1.807) is 0 Å². The molecule has 1 heterocycles. The van der Waals surface area contributed by atoms with E-state index in [4.69, 9.17) is 11.6 Å². The molecule has 2 aromatic carbocycles. The van der Waals surface area contributed by atoms with Crippen molar-refractivity contribution in [3.05, 3.63) is 65.2 Å². The van der Waals surface area contributed by atoms with Gasteiger partial charge in [0.15, 0.2) is 11.0 Å². The molecule has 0 aliphatic rings. The van der Waals surface area contributed by atoms with Crippen molar-refractivity contribution in [3.63, 3.8) is 0 Å². The van der Waals surface area contributed by atoms with E-state index in [-0.39, 0.29) is 11.2 Å². The Kier molecular flexibility index (Phi) is 6.53. The molecule has 7 heteroatoms. The summed E-state index contributed by atoms with van der Waals surface area (Å²) < 4.78 is 1.90. The zero-order valence-electron chi connectivity index (χ0n) is 15.2. The van der Waals surface area contributed by atoms with E-state index >= 15 is 0 Å². The predicted octanol–water partition coefficient (Wildman–Crippen LogP) is 4.32. The second-order valence-corrected chi connectivity index (χ2v) is 7.70. The number of nitrogens with zero attached hydrogens (tertiary/aromatic N) is 3. The molecule has 1 unspecified atom stereocenters. The number of nitrogens with one attached hydrogen (secondary N) is 1. The van der Waals surface area contributed by atoms with Crippen LogP contribution in [0.5, 0.6) is 0 Å². The number of amides is 1. The molecule has 1 N–H and O–H groups in total. The SMILES string of the molecule is CCC(Sc1nnc(-c2ccc(Cl)cc2)n1C)C(=O)NCc1ccccc1. The van der Waals surface area contributed by atoms with E-state index in [0.717, 1.165) is 17.0 Å². The van der Waals surface area contributed by atoms with Crippen LogP contribution in [0.1, 0.15) is 18.9 Å². The lowest BCUT2D eigenvalue weighted by atomic mass is 10.2. The Morgan fingerprint density at radius 2 is 1.85 bits per heavy atom. The zero-order chi connectivity index (χ0) is 19.2. The van der Waals surface area contributed by atoms with Gasteiger partial charge in [-0.15, -0.1) is 10.2 Å². The molecular weight excluding hydrogens is 380 g/mol. The fourth-order valence-corrected chi connectivity index (χ4v) is 3.69. The van der Waals surface area contributed by atoms with Crippen LogP contribution in [0.2, 0.25) is 5.02 Å². The number of halogens is 1. The van der Waals surface area contributed by atoms with Gasteiger partial charge in [-0.25, -0.2) is 0 Å². The zero-order valence-corrected chi connectivity index (χ0v) is 16.8. The van der Waals surface area contributed by atoms with Gasteiger partial charge >= 0.3 is 0 Å². The number of benzene rings is 2. The quantitative estimate of drug-likeness (QED) is 0.600. The first-order valence-electron chi connectivity index (χ1n) is 8.72. The van der Waals surface area contributed by atoms with Crippen molar-refractivity contribution in [1.82, 2.24) is 20.1 Å². The predicted molar refractivity (Wildman–Crippen MR) is 110 cm³/mol. The third kappa shape index (κ3) is 4.90. The second kappa shape index (κ2) is 9.06. The average Bonchev–Trinajstić information content (AvgIpc) is 3.06. The van der Waals surface area contributed by atoms with Gasteiger partial charge in [-0.2, -0.15) is 0 Å². The molecule has 0 bridgehead atoms. The number of aromatic nitrogens is 3. The van der Waals surface area contributed by atoms with Crippen LogP contribution >= 0.6 is 23.4 Å². The minimum absolute atomic E-state index is 0.00222. The fraction of sp³-hybridized carbons (Fsp3) is 0.250. The molecule has 0 radical (unpaired) electrons. The van der Waals surface area contributed by atoms with E-state index in [1.807, 2.05) is 73.1 Å². The van der Waals surface area contributed by atoms with Gasteiger partial charge in [-0.3, -0.25) is 4.79 Å². The molecule has 1 atom stereocenters. The topological polar surface area (TPSA) is 59.8 Å². The van der Waals surface area contributed by atoms with Gasteiger partial charge in [0.2, 0.25) is 5.91 Å². The van der Waals surface area contributed by atoms with E-state index in [1.165, 1.54) is 11.8 Å². The Morgan fingerprint density at radius 1 is 1.15 bits per heavy atom. The maximum absolute atomic E-state index is 12.6. The molecule has 0 saturated heterocycles. The number of thioether (sulfide) groups is 1. The molecule has 0 spiro atoms. The smallest absolute Gasteiger partial charge is 0.233 e. The second-order valence-electron chi connectivity index (χ2n) is 6.09. The van der Waals surface area contributed by atoms with Crippen LogP contribution in [0.25, 0.3) is 11.4 Å². The number of hydrogen-bond acceptors (Lipinski definition) is 4. The molecule has 5 nitrogen and oxygen atoms in total. The molecule has 0 aliphatic heterocycles. The van der Waals surface area contributed by atoms with Gasteiger partial charge in [0.1, 0.15) is 0 Å². The van der Waals surface area contributed by atoms with Crippen LogP contribution in [-0.4, -0.2) is 25.9 Å². The van der Waals surface area contributed by atoms with Crippen molar-refractivity contribution in [2.24, 2.45) is 7.05 Å². The number of rotatable bonds is 7. The summed E-state index contributed by atoms with van der Waals surface area (Å²) in [6.45, 7) is 2.52. The molecule has 0 fully saturated rings. The van der Waals surface area contributed by atoms with Gasteiger partial charge < -0.3 is 9.88 Å². The van der Waals surface area contributed by atoms with Crippen LogP contribution in [0.3, 0.4) is 0 Å². The lowest BCUT2D eigenvalue weighted by Crippen LogP contribution is -2.32. The van der Waals surface area contributed by atoms with Gasteiger partial charge in [-0.1, -0.05) is 60.6 Å². The minimum Gasteiger partial charge on any atom is -0.351 e. The first kappa shape index (κ1) is 19.5. The van der Waals surface area contributed by atoms with Gasteiger partial charge in [0.05, 0.1) is 5.25 Å². The molecule has 1 amide bonds. The highest BCUT2D eigenvalue weighted by molar-refractivity contribution is 8.00. The maximum atomic E-state index is 12.6. The summed E-state index contributed by atoms with van der Waals surface area (Å²) in [5.74, 6) is 0.746. The molecular formula is C20H21ClN4OS. The van der Waals surface area contributed by atoms with Crippen LogP contribution in [0.4, 0.5) is 0 Å². The number of carbonyl (C=O) groups is 1. The highest BCUT2D eigenvalue weighted by atomic mass is 35.5. The summed E-state index contributed by atoms with van der Waals surface area (Å²) >= 11 is 7.38. The van der Waals surface area contributed by atoms with Crippen molar-refractivity contribution in [2.75, 3.05) is 0 Å². The van der Waals surface area contributed by atoms with Crippen molar-refractivity contribution in [1.29, 1.82) is 0 Å².